The van der Waals surface area contributed by atoms with Gasteiger partial charge in [-0.2, -0.15) is 11.8 Å². The molecule has 0 amide bonds. The summed E-state index contributed by atoms with van der Waals surface area (Å²) in [7, 11) is 0. The Bertz CT molecular complexity index is 378. The van der Waals surface area contributed by atoms with Crippen molar-refractivity contribution < 1.29 is 4.39 Å². The molecule has 1 aromatic rings. The van der Waals surface area contributed by atoms with Crippen LogP contribution in [0.1, 0.15) is 36.4 Å². The fourth-order valence-corrected chi connectivity index (χ4v) is 3.74. The lowest BCUT2D eigenvalue weighted by molar-refractivity contribution is 0.490. The first-order valence-electron chi connectivity index (χ1n) is 6.06. The van der Waals surface area contributed by atoms with E-state index in [1.165, 1.54) is 31.1 Å². The summed E-state index contributed by atoms with van der Waals surface area (Å²) in [6, 6.07) is 5.39. The lowest BCUT2D eigenvalue weighted by Crippen LogP contribution is -2.36. The smallest absolute Gasteiger partial charge is 0.126 e. The van der Waals surface area contributed by atoms with Crippen LogP contribution in [0.2, 0.25) is 0 Å². The maximum atomic E-state index is 13.3. The Morgan fingerprint density at radius 3 is 2.88 bits per heavy atom. The number of aryl methyl sites for hydroxylation is 1. The SMILES string of the molecule is Cc1cc(C(NN)C2CCCCS2)ccc1F. The third kappa shape index (κ3) is 3.00. The molecule has 2 atom stereocenters. The number of hydrazine groups is 1. The summed E-state index contributed by atoms with van der Waals surface area (Å²) in [4.78, 5) is 0. The standard InChI is InChI=1S/C13H19FN2S/c1-9-8-10(5-6-11(9)14)13(16-15)12-4-2-3-7-17-12/h5-6,8,12-13,16H,2-4,7,15H2,1H3. The topological polar surface area (TPSA) is 38.0 Å². The Kier molecular flexibility index (Phi) is 4.42. The summed E-state index contributed by atoms with van der Waals surface area (Å²) < 4.78 is 13.3. The van der Waals surface area contributed by atoms with Gasteiger partial charge < -0.3 is 0 Å². The van der Waals surface area contributed by atoms with Gasteiger partial charge in [-0.15, -0.1) is 0 Å². The minimum absolute atomic E-state index is 0.125. The molecule has 0 radical (unpaired) electrons. The normalized spacial score (nSPS) is 22.4. The van der Waals surface area contributed by atoms with E-state index in [0.717, 1.165) is 5.56 Å². The first-order valence-corrected chi connectivity index (χ1v) is 7.11. The highest BCUT2D eigenvalue weighted by molar-refractivity contribution is 8.00. The van der Waals surface area contributed by atoms with Crippen molar-refractivity contribution in [2.75, 3.05) is 5.75 Å². The number of nitrogens with one attached hydrogen (secondary N) is 1. The summed E-state index contributed by atoms with van der Waals surface area (Å²) in [5.41, 5.74) is 4.66. The van der Waals surface area contributed by atoms with Gasteiger partial charge in [-0.3, -0.25) is 11.3 Å². The third-order valence-electron chi connectivity index (χ3n) is 3.31. The quantitative estimate of drug-likeness (QED) is 0.643. The van der Waals surface area contributed by atoms with E-state index < -0.39 is 0 Å². The van der Waals surface area contributed by atoms with E-state index in [4.69, 9.17) is 5.84 Å². The van der Waals surface area contributed by atoms with Crippen LogP contribution < -0.4 is 11.3 Å². The number of benzene rings is 1. The van der Waals surface area contributed by atoms with Crippen LogP contribution in [0, 0.1) is 12.7 Å². The van der Waals surface area contributed by atoms with E-state index in [-0.39, 0.29) is 11.9 Å². The van der Waals surface area contributed by atoms with Crippen LogP contribution in [0.25, 0.3) is 0 Å². The Morgan fingerprint density at radius 1 is 1.47 bits per heavy atom. The molecule has 1 fully saturated rings. The van der Waals surface area contributed by atoms with Crippen LogP contribution in [0.4, 0.5) is 4.39 Å². The number of thioether (sulfide) groups is 1. The molecule has 1 aromatic carbocycles. The van der Waals surface area contributed by atoms with Gasteiger partial charge in [0, 0.05) is 5.25 Å². The highest BCUT2D eigenvalue weighted by atomic mass is 32.2. The van der Waals surface area contributed by atoms with Gasteiger partial charge in [-0.05, 0) is 42.7 Å². The largest absolute Gasteiger partial charge is 0.271 e. The molecule has 0 aromatic heterocycles. The van der Waals surface area contributed by atoms with E-state index in [9.17, 15) is 4.39 Å². The molecule has 94 valence electrons. The Balaban J connectivity index is 2.18. The minimum atomic E-state index is -0.152. The highest BCUT2D eigenvalue weighted by Gasteiger charge is 2.24. The van der Waals surface area contributed by atoms with Crippen LogP contribution in [0.15, 0.2) is 18.2 Å². The third-order valence-corrected chi connectivity index (χ3v) is 4.77. The zero-order chi connectivity index (χ0) is 12.3. The van der Waals surface area contributed by atoms with Crippen LogP contribution in [0.5, 0.6) is 0 Å². The first kappa shape index (κ1) is 12.9. The Morgan fingerprint density at radius 2 is 2.29 bits per heavy atom. The van der Waals surface area contributed by atoms with Gasteiger partial charge in [-0.25, -0.2) is 4.39 Å². The number of nitrogens with two attached hydrogens (primary N) is 1. The fourth-order valence-electron chi connectivity index (χ4n) is 2.31. The predicted octanol–water partition coefficient (Wildman–Crippen LogP) is 2.92. The molecule has 0 bridgehead atoms. The van der Waals surface area contributed by atoms with Gasteiger partial charge in [0.15, 0.2) is 0 Å². The van der Waals surface area contributed by atoms with Crippen molar-refractivity contribution in [3.63, 3.8) is 0 Å². The van der Waals surface area contributed by atoms with E-state index in [1.807, 2.05) is 23.9 Å². The minimum Gasteiger partial charge on any atom is -0.271 e. The van der Waals surface area contributed by atoms with Crippen molar-refractivity contribution >= 4 is 11.8 Å². The van der Waals surface area contributed by atoms with Crippen molar-refractivity contribution in [2.45, 2.75) is 37.5 Å². The van der Waals surface area contributed by atoms with Crippen LogP contribution in [-0.4, -0.2) is 11.0 Å². The summed E-state index contributed by atoms with van der Waals surface area (Å²) in [6.07, 6.45) is 3.73. The molecule has 17 heavy (non-hydrogen) atoms. The van der Waals surface area contributed by atoms with Gasteiger partial charge in [0.25, 0.3) is 0 Å². The second-order valence-electron chi connectivity index (χ2n) is 4.56. The second kappa shape index (κ2) is 5.85. The van der Waals surface area contributed by atoms with Crippen molar-refractivity contribution in [1.82, 2.24) is 5.43 Å². The van der Waals surface area contributed by atoms with E-state index in [1.54, 1.807) is 6.92 Å². The average Bonchev–Trinajstić information content (AvgIpc) is 2.36. The molecule has 1 heterocycles. The van der Waals surface area contributed by atoms with Crippen molar-refractivity contribution in [3.05, 3.63) is 35.1 Å². The molecule has 2 rings (SSSR count). The summed E-state index contributed by atoms with van der Waals surface area (Å²) in [6.45, 7) is 1.79. The molecule has 0 spiro atoms. The molecule has 0 aliphatic carbocycles. The molecule has 2 unspecified atom stereocenters. The molecular weight excluding hydrogens is 235 g/mol. The average molecular weight is 254 g/mol. The predicted molar refractivity (Wildman–Crippen MR) is 71.3 cm³/mol. The number of halogens is 1. The zero-order valence-electron chi connectivity index (χ0n) is 10.1. The van der Waals surface area contributed by atoms with Gasteiger partial charge in [0.2, 0.25) is 0 Å². The summed E-state index contributed by atoms with van der Waals surface area (Å²) >= 11 is 1.96. The van der Waals surface area contributed by atoms with Crippen molar-refractivity contribution in [3.8, 4) is 0 Å². The molecule has 0 saturated carbocycles. The molecule has 2 nitrogen and oxygen atoms in total. The van der Waals surface area contributed by atoms with Crippen molar-refractivity contribution in [2.24, 2.45) is 5.84 Å². The number of hydrogen-bond acceptors (Lipinski definition) is 3. The molecule has 1 aliphatic rings. The van der Waals surface area contributed by atoms with Gasteiger partial charge >= 0.3 is 0 Å². The van der Waals surface area contributed by atoms with Crippen LogP contribution >= 0.6 is 11.8 Å². The molecule has 1 aliphatic heterocycles. The van der Waals surface area contributed by atoms with Gasteiger partial charge in [0.1, 0.15) is 5.82 Å². The highest BCUT2D eigenvalue weighted by Crippen LogP contribution is 2.34. The molecule has 3 N–H and O–H groups in total. The summed E-state index contributed by atoms with van der Waals surface area (Å²) in [5.74, 6) is 6.71. The molecule has 4 heteroatoms. The lowest BCUT2D eigenvalue weighted by atomic mass is 9.98. The Hall–Kier alpha value is -0.580. The first-order chi connectivity index (χ1) is 8.22. The maximum Gasteiger partial charge on any atom is 0.126 e. The van der Waals surface area contributed by atoms with E-state index >= 15 is 0 Å². The van der Waals surface area contributed by atoms with E-state index in [2.05, 4.69) is 5.43 Å². The van der Waals surface area contributed by atoms with E-state index in [0.29, 0.717) is 10.8 Å². The van der Waals surface area contributed by atoms with Crippen LogP contribution in [0.3, 0.4) is 0 Å². The molecular formula is C13H19FN2S. The maximum absolute atomic E-state index is 13.3. The monoisotopic (exact) mass is 254 g/mol. The second-order valence-corrected chi connectivity index (χ2v) is 5.91. The van der Waals surface area contributed by atoms with Gasteiger partial charge in [-0.1, -0.05) is 18.6 Å². The fraction of sp³-hybridized carbons (Fsp3) is 0.538. The lowest BCUT2D eigenvalue weighted by Gasteiger charge is -2.29. The number of hydrogen-bond donors (Lipinski definition) is 2. The zero-order valence-corrected chi connectivity index (χ0v) is 10.9. The van der Waals surface area contributed by atoms with Crippen LogP contribution in [-0.2, 0) is 0 Å². The molecule has 1 saturated heterocycles. The van der Waals surface area contributed by atoms with Gasteiger partial charge in [0.05, 0.1) is 6.04 Å². The number of rotatable bonds is 3. The Labute approximate surface area is 106 Å². The van der Waals surface area contributed by atoms with Crippen molar-refractivity contribution in [1.29, 1.82) is 0 Å². The summed E-state index contributed by atoms with van der Waals surface area (Å²) in [5, 5.41) is 0.499.